The van der Waals surface area contributed by atoms with E-state index in [1.165, 1.54) is 11.8 Å². The maximum absolute atomic E-state index is 12.2. The summed E-state index contributed by atoms with van der Waals surface area (Å²) < 4.78 is 13.6. The molecule has 0 amide bonds. The third kappa shape index (κ3) is 3.28. The minimum atomic E-state index is -0.451. The maximum atomic E-state index is 12.2. The Hall–Kier alpha value is -1.80. The SMILES string of the molecule is CCOC(=O)c1oc2ccc(Br)cc2c1CSc1nncn1C. The van der Waals surface area contributed by atoms with Crippen molar-refractivity contribution in [3.05, 3.63) is 40.3 Å². The highest BCUT2D eigenvalue weighted by Gasteiger charge is 2.22. The summed E-state index contributed by atoms with van der Waals surface area (Å²) in [6, 6.07) is 5.65. The van der Waals surface area contributed by atoms with Crippen LogP contribution >= 0.6 is 27.7 Å². The molecule has 120 valence electrons. The van der Waals surface area contributed by atoms with Crippen molar-refractivity contribution in [3.8, 4) is 0 Å². The number of hydrogen-bond donors (Lipinski definition) is 0. The van der Waals surface area contributed by atoms with Gasteiger partial charge in [-0.1, -0.05) is 27.7 Å². The van der Waals surface area contributed by atoms with Gasteiger partial charge in [0.2, 0.25) is 5.76 Å². The summed E-state index contributed by atoms with van der Waals surface area (Å²) >= 11 is 4.94. The number of furan rings is 1. The number of fused-ring (bicyclic) bond motifs is 1. The molecule has 0 radical (unpaired) electrons. The van der Waals surface area contributed by atoms with Crippen LogP contribution in [0.1, 0.15) is 23.0 Å². The molecule has 2 heterocycles. The molecule has 0 N–H and O–H groups in total. The number of rotatable bonds is 5. The minimum absolute atomic E-state index is 0.245. The van der Waals surface area contributed by atoms with Gasteiger partial charge in [-0.2, -0.15) is 0 Å². The summed E-state index contributed by atoms with van der Waals surface area (Å²) in [6.07, 6.45) is 1.64. The van der Waals surface area contributed by atoms with Crippen LogP contribution in [0.4, 0.5) is 0 Å². The lowest BCUT2D eigenvalue weighted by Crippen LogP contribution is -2.05. The molecule has 0 aliphatic rings. The van der Waals surface area contributed by atoms with E-state index in [4.69, 9.17) is 9.15 Å². The standard InChI is InChI=1S/C15H14BrN3O3S/c1-3-21-14(20)13-11(7-23-15-18-17-8-19(15)2)10-6-9(16)4-5-12(10)22-13/h4-6,8H,3,7H2,1-2H3. The van der Waals surface area contributed by atoms with Crippen LogP contribution in [0.3, 0.4) is 0 Å². The Kier molecular flexibility index (Phi) is 4.72. The van der Waals surface area contributed by atoms with Crippen LogP contribution in [0.15, 0.2) is 38.6 Å². The number of aryl methyl sites for hydroxylation is 1. The molecule has 0 saturated carbocycles. The van der Waals surface area contributed by atoms with Crippen molar-refractivity contribution in [1.82, 2.24) is 14.8 Å². The molecule has 0 bridgehead atoms. The molecule has 0 spiro atoms. The highest BCUT2D eigenvalue weighted by Crippen LogP contribution is 2.33. The van der Waals surface area contributed by atoms with Gasteiger partial charge in [0.15, 0.2) is 5.16 Å². The topological polar surface area (TPSA) is 70.2 Å². The molecule has 0 fully saturated rings. The number of carbonyl (C=O) groups is 1. The van der Waals surface area contributed by atoms with Crippen molar-refractivity contribution in [1.29, 1.82) is 0 Å². The largest absolute Gasteiger partial charge is 0.460 e. The first-order chi connectivity index (χ1) is 11.1. The van der Waals surface area contributed by atoms with Crippen LogP contribution in [0.2, 0.25) is 0 Å². The summed E-state index contributed by atoms with van der Waals surface area (Å²) in [7, 11) is 1.87. The van der Waals surface area contributed by atoms with Crippen LogP contribution < -0.4 is 0 Å². The fourth-order valence-corrected chi connectivity index (χ4v) is 3.44. The van der Waals surface area contributed by atoms with E-state index in [0.717, 1.165) is 20.6 Å². The average molecular weight is 396 g/mol. The number of benzene rings is 1. The molecule has 0 saturated heterocycles. The molecule has 3 aromatic rings. The second-order valence-corrected chi connectivity index (χ2v) is 6.64. The molecule has 6 nitrogen and oxygen atoms in total. The monoisotopic (exact) mass is 395 g/mol. The van der Waals surface area contributed by atoms with Crippen molar-refractivity contribution in [2.45, 2.75) is 17.8 Å². The molecule has 0 aliphatic heterocycles. The van der Waals surface area contributed by atoms with E-state index in [-0.39, 0.29) is 5.76 Å². The summed E-state index contributed by atoms with van der Waals surface area (Å²) in [5.74, 6) is 0.326. The van der Waals surface area contributed by atoms with Gasteiger partial charge in [0.05, 0.1) is 6.61 Å². The fourth-order valence-electron chi connectivity index (χ4n) is 2.17. The van der Waals surface area contributed by atoms with Gasteiger partial charge in [0.1, 0.15) is 11.9 Å². The molecule has 0 aliphatic carbocycles. The molecular formula is C15H14BrN3O3S. The van der Waals surface area contributed by atoms with Gasteiger partial charge in [0.25, 0.3) is 0 Å². The molecule has 2 aromatic heterocycles. The van der Waals surface area contributed by atoms with E-state index >= 15 is 0 Å². The van der Waals surface area contributed by atoms with Crippen LogP contribution in [0.5, 0.6) is 0 Å². The lowest BCUT2D eigenvalue weighted by atomic mass is 10.1. The van der Waals surface area contributed by atoms with Crippen molar-refractivity contribution >= 4 is 44.6 Å². The molecule has 1 aromatic carbocycles. The number of halogens is 1. The highest BCUT2D eigenvalue weighted by molar-refractivity contribution is 9.10. The van der Waals surface area contributed by atoms with Crippen LogP contribution in [0, 0.1) is 0 Å². The summed E-state index contributed by atoms with van der Waals surface area (Å²) in [5, 5.41) is 9.55. The molecule has 0 atom stereocenters. The molecule has 3 rings (SSSR count). The highest BCUT2D eigenvalue weighted by atomic mass is 79.9. The lowest BCUT2D eigenvalue weighted by Gasteiger charge is -2.03. The number of carbonyl (C=O) groups excluding carboxylic acids is 1. The smallest absolute Gasteiger partial charge is 0.374 e. The molecule has 0 unspecified atom stereocenters. The van der Waals surface area contributed by atoms with Gasteiger partial charge >= 0.3 is 5.97 Å². The number of thioether (sulfide) groups is 1. The lowest BCUT2D eigenvalue weighted by molar-refractivity contribution is 0.0491. The average Bonchev–Trinajstić information content (AvgIpc) is 3.09. The van der Waals surface area contributed by atoms with Gasteiger partial charge < -0.3 is 13.7 Å². The fraction of sp³-hybridized carbons (Fsp3) is 0.267. The van der Waals surface area contributed by atoms with Gasteiger partial charge in [-0.05, 0) is 25.1 Å². The van der Waals surface area contributed by atoms with Gasteiger partial charge in [-0.3, -0.25) is 0 Å². The van der Waals surface area contributed by atoms with Gasteiger partial charge in [-0.15, -0.1) is 10.2 Å². The number of hydrogen-bond acceptors (Lipinski definition) is 6. The minimum Gasteiger partial charge on any atom is -0.460 e. The van der Waals surface area contributed by atoms with Crippen molar-refractivity contribution < 1.29 is 13.9 Å². The maximum Gasteiger partial charge on any atom is 0.374 e. The predicted molar refractivity (Wildman–Crippen MR) is 90.4 cm³/mol. The molecule has 23 heavy (non-hydrogen) atoms. The Bertz CT molecular complexity index is 859. The van der Waals surface area contributed by atoms with Crippen molar-refractivity contribution in [2.75, 3.05) is 6.61 Å². The van der Waals surface area contributed by atoms with E-state index < -0.39 is 5.97 Å². The third-order valence-corrected chi connectivity index (χ3v) is 4.78. The first-order valence-electron chi connectivity index (χ1n) is 6.95. The van der Waals surface area contributed by atoms with E-state index in [1.807, 2.05) is 29.8 Å². The Morgan fingerprint density at radius 2 is 2.30 bits per heavy atom. The van der Waals surface area contributed by atoms with Gasteiger partial charge in [-0.25, -0.2) is 4.79 Å². The first-order valence-corrected chi connectivity index (χ1v) is 8.73. The first kappa shape index (κ1) is 16.1. The molecular weight excluding hydrogens is 382 g/mol. The van der Waals surface area contributed by atoms with Crippen molar-refractivity contribution in [3.63, 3.8) is 0 Å². The Morgan fingerprint density at radius 1 is 1.48 bits per heavy atom. The van der Waals surface area contributed by atoms with Crippen LogP contribution in [0.25, 0.3) is 11.0 Å². The van der Waals surface area contributed by atoms with E-state index in [2.05, 4.69) is 26.1 Å². The summed E-state index contributed by atoms with van der Waals surface area (Å²) in [5.41, 5.74) is 1.46. The Balaban J connectivity index is 2.00. The van der Waals surface area contributed by atoms with E-state index in [9.17, 15) is 4.79 Å². The zero-order valence-electron chi connectivity index (χ0n) is 12.6. The Morgan fingerprint density at radius 3 is 3.00 bits per heavy atom. The quantitative estimate of drug-likeness (QED) is 0.483. The number of ether oxygens (including phenoxy) is 1. The number of nitrogens with zero attached hydrogens (tertiary/aromatic N) is 3. The second kappa shape index (κ2) is 6.76. The third-order valence-electron chi connectivity index (χ3n) is 3.23. The van der Waals surface area contributed by atoms with E-state index in [0.29, 0.717) is 17.9 Å². The zero-order valence-corrected chi connectivity index (χ0v) is 15.0. The van der Waals surface area contributed by atoms with Crippen LogP contribution in [-0.2, 0) is 17.5 Å². The predicted octanol–water partition coefficient (Wildman–Crippen LogP) is 3.79. The summed E-state index contributed by atoms with van der Waals surface area (Å²) in [4.78, 5) is 12.2. The Labute approximate surface area is 145 Å². The van der Waals surface area contributed by atoms with Gasteiger partial charge in [0, 0.05) is 28.2 Å². The van der Waals surface area contributed by atoms with E-state index in [1.54, 1.807) is 13.3 Å². The number of aromatic nitrogens is 3. The number of esters is 1. The summed E-state index contributed by atoms with van der Waals surface area (Å²) in [6.45, 7) is 2.07. The molecule has 8 heteroatoms. The van der Waals surface area contributed by atoms with Crippen molar-refractivity contribution in [2.24, 2.45) is 7.05 Å². The van der Waals surface area contributed by atoms with Crippen LogP contribution in [-0.4, -0.2) is 27.3 Å². The normalized spacial score (nSPS) is 11.1. The second-order valence-electron chi connectivity index (χ2n) is 4.78. The zero-order chi connectivity index (χ0) is 16.4.